The Labute approximate surface area is 147 Å². The molecule has 1 heterocycles. The van der Waals surface area contributed by atoms with E-state index in [0.717, 1.165) is 16.9 Å². The third-order valence-electron chi connectivity index (χ3n) is 4.06. The van der Waals surface area contributed by atoms with Gasteiger partial charge in [0.05, 0.1) is 5.69 Å². The summed E-state index contributed by atoms with van der Waals surface area (Å²) in [6, 6.07) is 5.30. The van der Waals surface area contributed by atoms with Crippen LogP contribution in [0.5, 0.6) is 0 Å². The van der Waals surface area contributed by atoms with E-state index in [1.54, 1.807) is 6.92 Å². The molecule has 0 spiro atoms. The number of benzene rings is 1. The second-order valence-electron chi connectivity index (χ2n) is 6.39. The van der Waals surface area contributed by atoms with Crippen LogP contribution in [0.2, 0.25) is 0 Å². The zero-order valence-corrected chi connectivity index (χ0v) is 15.0. The quantitative estimate of drug-likeness (QED) is 0.370. The second-order valence-corrected chi connectivity index (χ2v) is 6.39. The van der Waals surface area contributed by atoms with Crippen LogP contribution < -0.4 is 10.6 Å². The largest absolute Gasteiger partial charge is 0.383 e. The van der Waals surface area contributed by atoms with Gasteiger partial charge in [0, 0.05) is 18.2 Å². The Bertz CT molecular complexity index is 712. The van der Waals surface area contributed by atoms with Crippen molar-refractivity contribution in [3.05, 3.63) is 23.8 Å². The molecule has 25 heavy (non-hydrogen) atoms. The maximum atomic E-state index is 12.0. The average molecular weight is 344 g/mol. The number of amidine groups is 1. The molecule has 1 aliphatic rings. The first-order valence-corrected chi connectivity index (χ1v) is 8.32. The van der Waals surface area contributed by atoms with Gasteiger partial charge in [0.1, 0.15) is 11.9 Å². The molecule has 0 aromatic heterocycles. The lowest BCUT2D eigenvalue weighted by Gasteiger charge is -2.29. The predicted molar refractivity (Wildman–Crippen MR) is 96.8 cm³/mol. The Morgan fingerprint density at radius 2 is 2.12 bits per heavy atom. The predicted octanol–water partition coefficient (Wildman–Crippen LogP) is 2.13. The van der Waals surface area contributed by atoms with Gasteiger partial charge in [-0.05, 0) is 51.8 Å². The zero-order chi connectivity index (χ0) is 18.6. The summed E-state index contributed by atoms with van der Waals surface area (Å²) < 4.78 is 0. The minimum absolute atomic E-state index is 0.209. The highest BCUT2D eigenvalue weighted by Gasteiger charge is 2.32. The monoisotopic (exact) mass is 344 g/mol. The van der Waals surface area contributed by atoms with Crippen LogP contribution in [0.15, 0.2) is 23.2 Å². The van der Waals surface area contributed by atoms with Gasteiger partial charge in [0.25, 0.3) is 0 Å². The van der Waals surface area contributed by atoms with Gasteiger partial charge in [-0.15, -0.1) is 0 Å². The number of carbonyl (C=O) groups is 3. The van der Waals surface area contributed by atoms with Crippen molar-refractivity contribution in [1.29, 1.82) is 0 Å². The number of nitrogens with one attached hydrogen (secondary N) is 2. The summed E-state index contributed by atoms with van der Waals surface area (Å²) in [7, 11) is 0. The SMILES string of the molecule is CC(=Nc1cccc(NC(C)C)c1C)N(C=O)C1CCC(=O)NC1=O. The van der Waals surface area contributed by atoms with E-state index in [1.165, 1.54) is 4.90 Å². The van der Waals surface area contributed by atoms with E-state index in [1.807, 2.05) is 25.1 Å². The highest BCUT2D eigenvalue weighted by atomic mass is 16.2. The maximum Gasteiger partial charge on any atom is 0.249 e. The second kappa shape index (κ2) is 7.92. The molecule has 0 saturated carbocycles. The van der Waals surface area contributed by atoms with Gasteiger partial charge in [-0.25, -0.2) is 4.99 Å². The molecule has 1 aliphatic heterocycles. The van der Waals surface area contributed by atoms with Gasteiger partial charge in [-0.1, -0.05) is 6.07 Å². The summed E-state index contributed by atoms with van der Waals surface area (Å²) >= 11 is 0. The lowest BCUT2D eigenvalue weighted by Crippen LogP contribution is -2.53. The Kier molecular flexibility index (Phi) is 5.90. The molecule has 134 valence electrons. The van der Waals surface area contributed by atoms with Gasteiger partial charge in [-0.2, -0.15) is 0 Å². The average Bonchev–Trinajstić information content (AvgIpc) is 2.53. The molecular weight excluding hydrogens is 320 g/mol. The molecule has 1 aromatic rings. The Morgan fingerprint density at radius 3 is 2.72 bits per heavy atom. The molecule has 2 N–H and O–H groups in total. The van der Waals surface area contributed by atoms with Gasteiger partial charge in [-0.3, -0.25) is 24.6 Å². The maximum absolute atomic E-state index is 12.0. The Morgan fingerprint density at radius 1 is 1.40 bits per heavy atom. The van der Waals surface area contributed by atoms with Gasteiger partial charge < -0.3 is 5.32 Å². The number of aliphatic imine (C=N–C) groups is 1. The third kappa shape index (κ3) is 4.43. The van der Waals surface area contributed by atoms with Crippen LogP contribution in [0.4, 0.5) is 11.4 Å². The number of imide groups is 1. The fourth-order valence-electron chi connectivity index (χ4n) is 2.77. The minimum Gasteiger partial charge on any atom is -0.383 e. The van der Waals surface area contributed by atoms with Crippen LogP contribution in [0.1, 0.15) is 39.2 Å². The summed E-state index contributed by atoms with van der Waals surface area (Å²) in [6.07, 6.45) is 1.09. The van der Waals surface area contributed by atoms with E-state index in [0.29, 0.717) is 18.7 Å². The van der Waals surface area contributed by atoms with E-state index in [9.17, 15) is 14.4 Å². The summed E-state index contributed by atoms with van der Waals surface area (Å²) in [5, 5.41) is 5.61. The van der Waals surface area contributed by atoms with Crippen molar-refractivity contribution in [2.75, 3.05) is 5.32 Å². The van der Waals surface area contributed by atoms with Crippen LogP contribution in [0, 0.1) is 6.92 Å². The highest BCUT2D eigenvalue weighted by molar-refractivity contribution is 6.04. The van der Waals surface area contributed by atoms with Crippen molar-refractivity contribution in [3.8, 4) is 0 Å². The lowest BCUT2D eigenvalue weighted by atomic mass is 10.0. The van der Waals surface area contributed by atoms with E-state index < -0.39 is 11.9 Å². The molecule has 3 amide bonds. The minimum atomic E-state index is -0.712. The van der Waals surface area contributed by atoms with E-state index in [-0.39, 0.29) is 18.4 Å². The van der Waals surface area contributed by atoms with Crippen molar-refractivity contribution in [1.82, 2.24) is 10.2 Å². The fraction of sp³-hybridized carbons (Fsp3) is 0.444. The van der Waals surface area contributed by atoms with E-state index in [4.69, 9.17) is 0 Å². The molecular formula is C18H24N4O3. The third-order valence-corrected chi connectivity index (χ3v) is 4.06. The van der Waals surface area contributed by atoms with Crippen molar-refractivity contribution >= 4 is 35.4 Å². The Hall–Kier alpha value is -2.70. The van der Waals surface area contributed by atoms with Gasteiger partial charge >= 0.3 is 0 Å². The molecule has 1 fully saturated rings. The van der Waals surface area contributed by atoms with Crippen LogP contribution in [-0.4, -0.2) is 41.0 Å². The van der Waals surface area contributed by atoms with Crippen LogP contribution in [-0.2, 0) is 14.4 Å². The molecule has 7 nitrogen and oxygen atoms in total. The summed E-state index contributed by atoms with van der Waals surface area (Å²) in [5.41, 5.74) is 2.66. The van der Waals surface area contributed by atoms with Crippen molar-refractivity contribution < 1.29 is 14.4 Å². The summed E-state index contributed by atoms with van der Waals surface area (Å²) in [6.45, 7) is 7.74. The first kappa shape index (κ1) is 18.6. The lowest BCUT2D eigenvalue weighted by molar-refractivity contribution is -0.138. The van der Waals surface area contributed by atoms with Gasteiger partial charge in [0.15, 0.2) is 0 Å². The standard InChI is InChI=1S/C18H24N4O3/c1-11(2)19-14-6-5-7-15(12(14)3)20-13(4)22(10-23)16-8-9-17(24)21-18(16)25/h5-7,10-11,16,19H,8-9H2,1-4H3,(H,21,24,25). The fourth-order valence-corrected chi connectivity index (χ4v) is 2.77. The number of hydrogen-bond acceptors (Lipinski definition) is 5. The number of anilines is 1. The van der Waals surface area contributed by atoms with Crippen molar-refractivity contribution in [2.45, 2.75) is 52.6 Å². The molecule has 1 atom stereocenters. The number of hydrogen-bond donors (Lipinski definition) is 2. The van der Waals surface area contributed by atoms with Crippen LogP contribution >= 0.6 is 0 Å². The summed E-state index contributed by atoms with van der Waals surface area (Å²) in [4.78, 5) is 40.6. The topological polar surface area (TPSA) is 90.9 Å². The first-order chi connectivity index (χ1) is 11.8. The molecule has 2 rings (SSSR count). The number of piperidine rings is 1. The highest BCUT2D eigenvalue weighted by Crippen LogP contribution is 2.27. The molecule has 1 saturated heterocycles. The van der Waals surface area contributed by atoms with E-state index >= 15 is 0 Å². The van der Waals surface area contributed by atoms with Crippen molar-refractivity contribution in [3.63, 3.8) is 0 Å². The Balaban J connectivity index is 2.28. The number of nitrogens with zero attached hydrogens (tertiary/aromatic N) is 2. The van der Waals surface area contributed by atoms with E-state index in [2.05, 4.69) is 29.5 Å². The first-order valence-electron chi connectivity index (χ1n) is 8.32. The van der Waals surface area contributed by atoms with Gasteiger partial charge in [0.2, 0.25) is 18.2 Å². The normalized spacial score (nSPS) is 18.1. The molecule has 7 heteroatoms. The molecule has 0 radical (unpaired) electrons. The molecule has 0 bridgehead atoms. The number of rotatable bonds is 5. The number of carbonyl (C=O) groups excluding carboxylic acids is 3. The molecule has 0 aliphatic carbocycles. The molecule has 1 aromatic carbocycles. The summed E-state index contributed by atoms with van der Waals surface area (Å²) in [5.74, 6) is -0.371. The molecule has 1 unspecified atom stereocenters. The van der Waals surface area contributed by atoms with Crippen LogP contribution in [0.3, 0.4) is 0 Å². The number of amides is 3. The van der Waals surface area contributed by atoms with Crippen LogP contribution in [0.25, 0.3) is 0 Å². The van der Waals surface area contributed by atoms with Crippen molar-refractivity contribution in [2.24, 2.45) is 4.99 Å². The smallest absolute Gasteiger partial charge is 0.249 e. The zero-order valence-electron chi connectivity index (χ0n) is 15.0.